The Labute approximate surface area is 150 Å². The number of amides is 1. The van der Waals surface area contributed by atoms with E-state index in [0.717, 1.165) is 5.52 Å². The maximum atomic E-state index is 12.9. The van der Waals surface area contributed by atoms with E-state index in [2.05, 4.69) is 31.2 Å². The van der Waals surface area contributed by atoms with Gasteiger partial charge in [0.15, 0.2) is 5.82 Å². The molecule has 0 spiro atoms. The fraction of sp³-hybridized carbons (Fsp3) is 0.176. The van der Waals surface area contributed by atoms with Crippen LogP contribution in [0.4, 0.5) is 5.82 Å². The highest BCUT2D eigenvalue weighted by molar-refractivity contribution is 9.09. The van der Waals surface area contributed by atoms with E-state index >= 15 is 0 Å². The minimum absolute atomic E-state index is 0.0206. The van der Waals surface area contributed by atoms with Crippen molar-refractivity contribution >= 4 is 38.6 Å². The van der Waals surface area contributed by atoms with Crippen LogP contribution in [0.2, 0.25) is 0 Å². The zero-order valence-electron chi connectivity index (χ0n) is 13.0. The number of fused-ring (bicyclic) bond motifs is 3. The minimum Gasteiger partial charge on any atom is -0.472 e. The number of benzene rings is 1. The summed E-state index contributed by atoms with van der Waals surface area (Å²) in [6.45, 7) is 0.562. The molecule has 0 aliphatic carbocycles. The molecule has 1 N–H and O–H groups in total. The number of rotatable bonds is 3. The Balaban J connectivity index is 1.88. The molecule has 1 amide bonds. The molecular formula is C17H13BrN4O3. The number of para-hydroxylation sites is 1. The first-order valence-electron chi connectivity index (χ1n) is 7.64. The van der Waals surface area contributed by atoms with Gasteiger partial charge in [0.25, 0.3) is 5.91 Å². The van der Waals surface area contributed by atoms with Crippen molar-refractivity contribution < 1.29 is 9.53 Å². The summed E-state index contributed by atoms with van der Waals surface area (Å²) in [6, 6.07) is 7.20. The molecule has 1 aromatic carbocycles. The van der Waals surface area contributed by atoms with Crippen LogP contribution in [0.5, 0.6) is 5.88 Å². The summed E-state index contributed by atoms with van der Waals surface area (Å²) in [7, 11) is 0. The lowest BCUT2D eigenvalue weighted by Crippen LogP contribution is -2.24. The van der Waals surface area contributed by atoms with Crippen molar-refractivity contribution in [2.45, 2.75) is 12.6 Å². The van der Waals surface area contributed by atoms with Crippen LogP contribution in [0.1, 0.15) is 10.4 Å². The van der Waals surface area contributed by atoms with E-state index in [0.29, 0.717) is 17.3 Å². The molecule has 1 atom stereocenters. The second-order valence-corrected chi connectivity index (χ2v) is 6.22. The fourth-order valence-electron chi connectivity index (χ4n) is 2.90. The molecule has 0 fully saturated rings. The van der Waals surface area contributed by atoms with Crippen molar-refractivity contribution in [3.05, 3.63) is 58.6 Å². The van der Waals surface area contributed by atoms with Crippen LogP contribution in [-0.4, -0.2) is 31.9 Å². The van der Waals surface area contributed by atoms with Gasteiger partial charge in [0.1, 0.15) is 11.7 Å². The molecule has 3 heterocycles. The number of aromatic nitrogens is 3. The molecule has 2 aromatic heterocycles. The second kappa shape index (κ2) is 6.29. The first-order valence-corrected chi connectivity index (χ1v) is 8.76. The summed E-state index contributed by atoms with van der Waals surface area (Å²) >= 11 is 3.40. The Morgan fingerprint density at radius 3 is 2.96 bits per heavy atom. The molecule has 4 rings (SSSR count). The topological polar surface area (TPSA) is 86.1 Å². The number of nitrogens with one attached hydrogen (secondary N) is 1. The van der Waals surface area contributed by atoms with E-state index in [4.69, 9.17) is 4.74 Å². The number of anilines is 1. The average Bonchev–Trinajstić information content (AvgIpc) is 3.07. The van der Waals surface area contributed by atoms with Crippen LogP contribution in [0.15, 0.2) is 47.7 Å². The zero-order valence-corrected chi connectivity index (χ0v) is 14.6. The van der Waals surface area contributed by atoms with Gasteiger partial charge < -0.3 is 14.6 Å². The Bertz CT molecular complexity index is 1020. The number of pyridine rings is 1. The number of hydrogen-bond acceptors (Lipinski definition) is 5. The molecule has 0 bridgehead atoms. The number of carbonyl (C=O) groups is 1. The highest BCUT2D eigenvalue weighted by atomic mass is 79.9. The van der Waals surface area contributed by atoms with Gasteiger partial charge in [-0.05, 0) is 12.1 Å². The number of halogens is 1. The quantitative estimate of drug-likeness (QED) is 0.681. The number of carbonyl (C=O) groups excluding carboxylic acids is 1. The molecule has 0 unspecified atom stereocenters. The van der Waals surface area contributed by atoms with Crippen molar-refractivity contribution in [1.29, 1.82) is 0 Å². The summed E-state index contributed by atoms with van der Waals surface area (Å²) in [5, 5.41) is 3.69. The third-order valence-corrected chi connectivity index (χ3v) is 4.72. The van der Waals surface area contributed by atoms with Gasteiger partial charge in [-0.25, -0.2) is 4.98 Å². The van der Waals surface area contributed by atoms with Crippen LogP contribution in [-0.2, 0) is 6.54 Å². The Hall–Kier alpha value is -2.74. The van der Waals surface area contributed by atoms with Gasteiger partial charge in [0, 0.05) is 23.1 Å². The highest BCUT2D eigenvalue weighted by Gasteiger charge is 2.31. The minimum atomic E-state index is -0.560. The standard InChI is InChI=1S/C17H13BrN4O3/c18-7-10-9-22-12-4-2-1-3-11(12)15(23)14(17(22)25-10)16(24)21-13-8-19-5-6-20-13/h1-6,8,10H,7,9H2,(H,20,21,24)/t10-/m0/s1. The van der Waals surface area contributed by atoms with E-state index in [-0.39, 0.29) is 28.8 Å². The van der Waals surface area contributed by atoms with Crippen molar-refractivity contribution in [2.24, 2.45) is 0 Å². The SMILES string of the molecule is O=C(Nc1cnccn1)c1c2n(c3ccccc3c1=O)C[C@H](CBr)O2. The van der Waals surface area contributed by atoms with Gasteiger partial charge in [0.05, 0.1) is 18.3 Å². The molecule has 7 nitrogen and oxygen atoms in total. The van der Waals surface area contributed by atoms with Crippen LogP contribution in [0.3, 0.4) is 0 Å². The fourth-order valence-corrected chi connectivity index (χ4v) is 3.24. The van der Waals surface area contributed by atoms with Gasteiger partial charge in [-0.1, -0.05) is 28.1 Å². The first-order chi connectivity index (χ1) is 12.2. The highest BCUT2D eigenvalue weighted by Crippen LogP contribution is 2.30. The van der Waals surface area contributed by atoms with Gasteiger partial charge in [-0.15, -0.1) is 0 Å². The molecule has 126 valence electrons. The predicted molar refractivity (Wildman–Crippen MR) is 96.4 cm³/mol. The molecule has 0 saturated carbocycles. The zero-order chi connectivity index (χ0) is 17.4. The predicted octanol–water partition coefficient (Wildman–Crippen LogP) is 2.20. The molecule has 0 radical (unpaired) electrons. The first kappa shape index (κ1) is 15.8. The molecule has 25 heavy (non-hydrogen) atoms. The number of nitrogens with zero attached hydrogens (tertiary/aromatic N) is 3. The van der Waals surface area contributed by atoms with Crippen LogP contribution in [0, 0.1) is 0 Å². The molecular weight excluding hydrogens is 388 g/mol. The maximum Gasteiger partial charge on any atom is 0.266 e. The number of alkyl halides is 1. The van der Waals surface area contributed by atoms with Crippen LogP contribution < -0.4 is 15.5 Å². The summed E-state index contributed by atoms with van der Waals surface area (Å²) in [5.41, 5.74) is 0.369. The van der Waals surface area contributed by atoms with E-state index in [9.17, 15) is 9.59 Å². The van der Waals surface area contributed by atoms with Crippen LogP contribution >= 0.6 is 15.9 Å². The van der Waals surface area contributed by atoms with Crippen molar-refractivity contribution in [3.8, 4) is 5.88 Å². The third kappa shape index (κ3) is 2.68. The van der Waals surface area contributed by atoms with Crippen molar-refractivity contribution in [1.82, 2.24) is 14.5 Å². The van der Waals surface area contributed by atoms with E-state index in [1.54, 1.807) is 12.1 Å². The lowest BCUT2D eigenvalue weighted by atomic mass is 10.1. The van der Waals surface area contributed by atoms with Gasteiger partial charge in [-0.3, -0.25) is 14.6 Å². The van der Waals surface area contributed by atoms with Gasteiger partial charge in [-0.2, -0.15) is 0 Å². The summed E-state index contributed by atoms with van der Waals surface area (Å²) < 4.78 is 7.72. The summed E-state index contributed by atoms with van der Waals surface area (Å²) in [5.74, 6) is -0.00128. The van der Waals surface area contributed by atoms with E-state index in [1.165, 1.54) is 18.6 Å². The molecule has 1 aliphatic heterocycles. The lowest BCUT2D eigenvalue weighted by molar-refractivity contribution is 0.102. The lowest BCUT2D eigenvalue weighted by Gasteiger charge is -2.12. The largest absolute Gasteiger partial charge is 0.472 e. The van der Waals surface area contributed by atoms with Crippen molar-refractivity contribution in [2.75, 3.05) is 10.6 Å². The smallest absolute Gasteiger partial charge is 0.266 e. The maximum absolute atomic E-state index is 12.9. The molecule has 8 heteroatoms. The number of ether oxygens (including phenoxy) is 1. The summed E-state index contributed by atoms with van der Waals surface area (Å²) in [4.78, 5) is 33.6. The van der Waals surface area contributed by atoms with Crippen LogP contribution in [0.25, 0.3) is 10.9 Å². The van der Waals surface area contributed by atoms with Crippen molar-refractivity contribution in [3.63, 3.8) is 0 Å². The number of hydrogen-bond donors (Lipinski definition) is 1. The normalized spacial score (nSPS) is 15.6. The average molecular weight is 401 g/mol. The Kier molecular flexibility index (Phi) is 3.96. The molecule has 0 saturated heterocycles. The molecule has 1 aliphatic rings. The second-order valence-electron chi connectivity index (χ2n) is 5.58. The van der Waals surface area contributed by atoms with E-state index < -0.39 is 5.91 Å². The van der Waals surface area contributed by atoms with Gasteiger partial charge in [0.2, 0.25) is 11.3 Å². The van der Waals surface area contributed by atoms with Gasteiger partial charge >= 0.3 is 0 Å². The Morgan fingerprint density at radius 1 is 1.36 bits per heavy atom. The molecule has 3 aromatic rings. The monoisotopic (exact) mass is 400 g/mol. The third-order valence-electron chi connectivity index (χ3n) is 3.99. The van der Waals surface area contributed by atoms with E-state index in [1.807, 2.05) is 16.7 Å². The Morgan fingerprint density at radius 2 is 2.20 bits per heavy atom. The summed E-state index contributed by atoms with van der Waals surface area (Å²) in [6.07, 6.45) is 4.24.